The van der Waals surface area contributed by atoms with Crippen LogP contribution >= 0.6 is 0 Å². The summed E-state index contributed by atoms with van der Waals surface area (Å²) in [5.74, 6) is 1.31. The number of nitrogens with zero attached hydrogens (tertiary/aromatic N) is 3. The van der Waals surface area contributed by atoms with E-state index >= 15 is 0 Å². The Balaban J connectivity index is 1.48. The van der Waals surface area contributed by atoms with Crippen molar-refractivity contribution in [2.75, 3.05) is 13.1 Å². The van der Waals surface area contributed by atoms with Gasteiger partial charge < -0.3 is 9.42 Å². The van der Waals surface area contributed by atoms with E-state index in [-0.39, 0.29) is 18.1 Å². The first-order chi connectivity index (χ1) is 11.1. The largest absolute Gasteiger partial charge is 0.342 e. The molecule has 0 unspecified atom stereocenters. The second-order valence-corrected chi connectivity index (χ2v) is 6.06. The number of amides is 1. The summed E-state index contributed by atoms with van der Waals surface area (Å²) < 4.78 is 17.8. The molecular formula is C17H20FN3O2. The Bertz CT molecular complexity index is 661. The zero-order chi connectivity index (χ0) is 16.2. The van der Waals surface area contributed by atoms with E-state index in [0.717, 1.165) is 37.9 Å². The van der Waals surface area contributed by atoms with Gasteiger partial charge in [0.2, 0.25) is 11.8 Å². The van der Waals surface area contributed by atoms with Crippen LogP contribution in [-0.2, 0) is 17.6 Å². The molecule has 0 atom stereocenters. The van der Waals surface area contributed by atoms with Crippen LogP contribution in [0.3, 0.4) is 0 Å². The maximum Gasteiger partial charge on any atom is 0.230 e. The summed E-state index contributed by atoms with van der Waals surface area (Å²) in [6.07, 6.45) is 3.06. The van der Waals surface area contributed by atoms with E-state index in [0.29, 0.717) is 17.6 Å². The molecule has 23 heavy (non-hydrogen) atoms. The third kappa shape index (κ3) is 4.15. The minimum absolute atomic E-state index is 0.0473. The standard InChI is InChI=1S/C17H20FN3O2/c1-12-19-16(20-23-12)11-17(22)21-8-6-14(7-9-21)10-13-2-4-15(18)5-3-13/h2-5,14H,6-11H2,1H3. The summed E-state index contributed by atoms with van der Waals surface area (Å²) in [5.41, 5.74) is 1.15. The van der Waals surface area contributed by atoms with Crippen molar-refractivity contribution in [2.24, 2.45) is 5.92 Å². The lowest BCUT2D eigenvalue weighted by Gasteiger charge is -2.32. The third-order valence-electron chi connectivity index (χ3n) is 4.28. The molecule has 0 aliphatic carbocycles. The van der Waals surface area contributed by atoms with E-state index in [1.807, 2.05) is 17.0 Å². The molecule has 1 aliphatic heterocycles. The lowest BCUT2D eigenvalue weighted by atomic mass is 9.90. The van der Waals surface area contributed by atoms with Crippen molar-refractivity contribution >= 4 is 5.91 Å². The SMILES string of the molecule is Cc1nc(CC(=O)N2CCC(Cc3ccc(F)cc3)CC2)no1. The predicted octanol–water partition coefficient (Wildman–Crippen LogP) is 2.54. The Morgan fingerprint density at radius 2 is 2.00 bits per heavy atom. The predicted molar refractivity (Wildman–Crippen MR) is 82.1 cm³/mol. The number of piperidine rings is 1. The highest BCUT2D eigenvalue weighted by Gasteiger charge is 2.24. The Morgan fingerprint density at radius 1 is 1.30 bits per heavy atom. The second kappa shape index (κ2) is 6.89. The average Bonchev–Trinajstić information content (AvgIpc) is 2.95. The molecule has 3 rings (SSSR count). The molecule has 1 amide bonds. The van der Waals surface area contributed by atoms with Gasteiger partial charge in [0.05, 0.1) is 6.42 Å². The molecule has 0 bridgehead atoms. The number of benzene rings is 1. The molecule has 6 heteroatoms. The van der Waals surface area contributed by atoms with Crippen LogP contribution in [0.2, 0.25) is 0 Å². The highest BCUT2D eigenvalue weighted by Crippen LogP contribution is 2.22. The second-order valence-electron chi connectivity index (χ2n) is 6.06. The highest BCUT2D eigenvalue weighted by molar-refractivity contribution is 5.78. The Hall–Kier alpha value is -2.24. The van der Waals surface area contributed by atoms with Gasteiger partial charge in [0, 0.05) is 20.0 Å². The first kappa shape index (κ1) is 15.6. The molecule has 0 N–H and O–H groups in total. The van der Waals surface area contributed by atoms with Crippen molar-refractivity contribution in [3.8, 4) is 0 Å². The van der Waals surface area contributed by atoms with Crippen LogP contribution in [-0.4, -0.2) is 34.0 Å². The van der Waals surface area contributed by atoms with Crippen molar-refractivity contribution in [3.63, 3.8) is 0 Å². The lowest BCUT2D eigenvalue weighted by molar-refractivity contribution is -0.132. The Kier molecular flexibility index (Phi) is 4.69. The van der Waals surface area contributed by atoms with E-state index in [1.165, 1.54) is 12.1 Å². The van der Waals surface area contributed by atoms with E-state index in [1.54, 1.807) is 6.92 Å². The highest BCUT2D eigenvalue weighted by atomic mass is 19.1. The number of carbonyl (C=O) groups excluding carboxylic acids is 1. The molecule has 0 saturated carbocycles. The average molecular weight is 317 g/mol. The van der Waals surface area contributed by atoms with Crippen molar-refractivity contribution in [1.29, 1.82) is 0 Å². The van der Waals surface area contributed by atoms with Crippen LogP contribution in [0.5, 0.6) is 0 Å². The lowest BCUT2D eigenvalue weighted by Crippen LogP contribution is -2.39. The van der Waals surface area contributed by atoms with Gasteiger partial charge >= 0.3 is 0 Å². The fourth-order valence-corrected chi connectivity index (χ4v) is 3.00. The zero-order valence-electron chi connectivity index (χ0n) is 13.2. The summed E-state index contributed by atoms with van der Waals surface area (Å²) in [6, 6.07) is 6.68. The number of rotatable bonds is 4. The van der Waals surface area contributed by atoms with E-state index in [9.17, 15) is 9.18 Å². The van der Waals surface area contributed by atoms with Crippen molar-refractivity contribution < 1.29 is 13.7 Å². The van der Waals surface area contributed by atoms with Gasteiger partial charge in [-0.05, 0) is 42.9 Å². The Morgan fingerprint density at radius 3 is 2.61 bits per heavy atom. The molecule has 1 aromatic heterocycles. The van der Waals surface area contributed by atoms with Crippen LogP contribution in [0.4, 0.5) is 4.39 Å². The van der Waals surface area contributed by atoms with Crippen LogP contribution in [0, 0.1) is 18.7 Å². The summed E-state index contributed by atoms with van der Waals surface area (Å²) >= 11 is 0. The number of hydrogen-bond donors (Lipinski definition) is 0. The van der Waals surface area contributed by atoms with Crippen molar-refractivity contribution in [2.45, 2.75) is 32.6 Å². The maximum absolute atomic E-state index is 12.9. The van der Waals surface area contributed by atoms with Crippen molar-refractivity contribution in [1.82, 2.24) is 15.0 Å². The summed E-state index contributed by atoms with van der Waals surface area (Å²) in [5, 5.41) is 3.76. The third-order valence-corrected chi connectivity index (χ3v) is 4.28. The molecule has 1 saturated heterocycles. The number of hydrogen-bond acceptors (Lipinski definition) is 4. The van der Waals surface area contributed by atoms with E-state index in [2.05, 4.69) is 10.1 Å². The van der Waals surface area contributed by atoms with Gasteiger partial charge in [-0.1, -0.05) is 17.3 Å². The van der Waals surface area contributed by atoms with Gasteiger partial charge in [-0.2, -0.15) is 4.98 Å². The van der Waals surface area contributed by atoms with Gasteiger partial charge in [0.25, 0.3) is 0 Å². The summed E-state index contributed by atoms with van der Waals surface area (Å²) in [6.45, 7) is 3.21. The number of carbonyl (C=O) groups is 1. The van der Waals surface area contributed by atoms with Crippen LogP contribution in [0.25, 0.3) is 0 Å². The Labute approximate surface area is 134 Å². The van der Waals surface area contributed by atoms with Gasteiger partial charge in [-0.15, -0.1) is 0 Å². The van der Waals surface area contributed by atoms with Crippen LogP contribution in [0.15, 0.2) is 28.8 Å². The molecule has 5 nitrogen and oxygen atoms in total. The molecule has 1 fully saturated rings. The van der Waals surface area contributed by atoms with Crippen LogP contribution < -0.4 is 0 Å². The molecule has 0 radical (unpaired) electrons. The maximum atomic E-state index is 12.9. The fourth-order valence-electron chi connectivity index (χ4n) is 3.00. The van der Waals surface area contributed by atoms with Gasteiger partial charge in [-0.3, -0.25) is 4.79 Å². The normalized spacial score (nSPS) is 15.8. The molecule has 2 aromatic rings. The number of halogens is 1. The molecule has 1 aliphatic rings. The van der Waals surface area contributed by atoms with Gasteiger partial charge in [0.15, 0.2) is 5.82 Å². The number of likely N-dealkylation sites (tertiary alicyclic amines) is 1. The topological polar surface area (TPSA) is 59.2 Å². The quantitative estimate of drug-likeness (QED) is 0.869. The number of aryl methyl sites for hydroxylation is 1. The molecule has 0 spiro atoms. The van der Waals surface area contributed by atoms with E-state index < -0.39 is 0 Å². The zero-order valence-corrected chi connectivity index (χ0v) is 13.2. The first-order valence-electron chi connectivity index (χ1n) is 7.91. The van der Waals surface area contributed by atoms with E-state index in [4.69, 9.17) is 4.52 Å². The van der Waals surface area contributed by atoms with Gasteiger partial charge in [0.1, 0.15) is 5.82 Å². The number of aromatic nitrogens is 2. The molecule has 1 aromatic carbocycles. The van der Waals surface area contributed by atoms with Gasteiger partial charge in [-0.25, -0.2) is 4.39 Å². The fraction of sp³-hybridized carbons (Fsp3) is 0.471. The monoisotopic (exact) mass is 317 g/mol. The summed E-state index contributed by atoms with van der Waals surface area (Å²) in [7, 11) is 0. The molecule has 2 heterocycles. The van der Waals surface area contributed by atoms with Crippen LogP contribution in [0.1, 0.15) is 30.1 Å². The summed E-state index contributed by atoms with van der Waals surface area (Å²) in [4.78, 5) is 18.2. The first-order valence-corrected chi connectivity index (χ1v) is 7.91. The minimum Gasteiger partial charge on any atom is -0.342 e. The molecular weight excluding hydrogens is 297 g/mol. The van der Waals surface area contributed by atoms with Crippen molar-refractivity contribution in [3.05, 3.63) is 47.4 Å². The minimum atomic E-state index is -0.203. The molecule has 122 valence electrons. The smallest absolute Gasteiger partial charge is 0.230 e.